The molecule has 2 aliphatic heterocycles. The van der Waals surface area contributed by atoms with Crippen LogP contribution in [0.25, 0.3) is 0 Å². The van der Waals surface area contributed by atoms with Crippen molar-refractivity contribution in [2.75, 3.05) is 13.1 Å². The maximum Gasteiger partial charge on any atom is 0.0173 e. The molecule has 0 radical (unpaired) electrons. The van der Waals surface area contributed by atoms with Crippen molar-refractivity contribution in [2.45, 2.75) is 49.6 Å². The van der Waals surface area contributed by atoms with E-state index in [9.17, 15) is 0 Å². The molecule has 2 nitrogen and oxygen atoms in total. The van der Waals surface area contributed by atoms with E-state index in [1.54, 1.807) is 11.1 Å². The summed E-state index contributed by atoms with van der Waals surface area (Å²) in [6.45, 7) is 2.52. The first-order chi connectivity index (χ1) is 10.4. The number of piperidine rings is 1. The van der Waals surface area contributed by atoms with Crippen molar-refractivity contribution in [2.24, 2.45) is 17.3 Å². The molecule has 1 aromatic carbocycles. The van der Waals surface area contributed by atoms with E-state index in [2.05, 4.69) is 34.9 Å². The fraction of sp³-hybridized carbons (Fsp3) is 0.684. The van der Waals surface area contributed by atoms with Gasteiger partial charge in [0.2, 0.25) is 0 Å². The Hall–Kier alpha value is -0.860. The van der Waals surface area contributed by atoms with Crippen LogP contribution in [0.1, 0.15) is 36.8 Å². The molecule has 6 atom stereocenters. The van der Waals surface area contributed by atoms with Gasteiger partial charge in [-0.3, -0.25) is 0 Å². The van der Waals surface area contributed by atoms with Gasteiger partial charge >= 0.3 is 0 Å². The average molecular weight is 280 g/mol. The van der Waals surface area contributed by atoms with Crippen molar-refractivity contribution in [3.8, 4) is 0 Å². The molecular weight excluding hydrogens is 256 g/mol. The summed E-state index contributed by atoms with van der Waals surface area (Å²) in [5.41, 5.74) is 4.48. The molecule has 0 amide bonds. The van der Waals surface area contributed by atoms with Crippen LogP contribution < -0.4 is 10.6 Å². The lowest BCUT2D eigenvalue weighted by atomic mass is 9.44. The molecule has 0 spiro atoms. The lowest BCUT2D eigenvalue weighted by Gasteiger charge is -2.63. The van der Waals surface area contributed by atoms with Crippen molar-refractivity contribution in [3.05, 3.63) is 35.4 Å². The normalized spacial score (nSPS) is 52.4. The Morgan fingerprint density at radius 2 is 2.05 bits per heavy atom. The van der Waals surface area contributed by atoms with E-state index in [1.807, 2.05) is 0 Å². The van der Waals surface area contributed by atoms with Crippen LogP contribution in [0.4, 0.5) is 0 Å². The first kappa shape index (κ1) is 11.7. The van der Waals surface area contributed by atoms with Crippen LogP contribution in [-0.4, -0.2) is 25.2 Å². The predicted octanol–water partition coefficient (Wildman–Crippen LogP) is 2.23. The molecule has 6 unspecified atom stereocenters. The van der Waals surface area contributed by atoms with Gasteiger partial charge in [-0.05, 0) is 73.6 Å². The lowest BCUT2D eigenvalue weighted by molar-refractivity contribution is -0.0295. The van der Waals surface area contributed by atoms with E-state index in [1.165, 1.54) is 45.2 Å². The molecule has 2 N–H and O–H groups in total. The molecule has 4 fully saturated rings. The Balaban J connectivity index is 1.69. The van der Waals surface area contributed by atoms with E-state index in [-0.39, 0.29) is 0 Å². The molecule has 21 heavy (non-hydrogen) atoms. The number of hydrogen-bond acceptors (Lipinski definition) is 2. The second kappa shape index (κ2) is 3.55. The van der Waals surface area contributed by atoms with Crippen LogP contribution in [0.2, 0.25) is 0 Å². The van der Waals surface area contributed by atoms with Crippen molar-refractivity contribution in [1.82, 2.24) is 10.6 Å². The van der Waals surface area contributed by atoms with Crippen molar-refractivity contribution in [1.29, 1.82) is 0 Å². The highest BCUT2D eigenvalue weighted by molar-refractivity contribution is 5.47. The SMILES string of the molecule is c1ccc2c(c1)CC1NCCC23C2C4CNC2CCC13C4. The molecule has 0 aromatic heterocycles. The van der Waals surface area contributed by atoms with Crippen LogP contribution in [0, 0.1) is 17.3 Å². The first-order valence-corrected chi connectivity index (χ1v) is 8.90. The van der Waals surface area contributed by atoms with E-state index in [4.69, 9.17) is 0 Å². The van der Waals surface area contributed by atoms with Gasteiger partial charge in [-0.2, -0.15) is 0 Å². The van der Waals surface area contributed by atoms with Gasteiger partial charge in [0.15, 0.2) is 0 Å². The number of benzene rings is 1. The Kier molecular flexibility index (Phi) is 1.97. The monoisotopic (exact) mass is 280 g/mol. The van der Waals surface area contributed by atoms with Crippen molar-refractivity contribution < 1.29 is 0 Å². The molecule has 5 aliphatic rings. The predicted molar refractivity (Wildman–Crippen MR) is 83.3 cm³/mol. The summed E-state index contributed by atoms with van der Waals surface area (Å²) < 4.78 is 0. The second-order valence-corrected chi connectivity index (χ2v) is 8.29. The standard InChI is InChI=1S/C19H24N2/c1-2-4-14-12(3-1)9-16-18-6-5-15-17(13(10-18)11-21-15)19(14,18)7-8-20-16/h1-4,13,15-17,20-21H,5-11H2. The minimum atomic E-state index is 0.495. The van der Waals surface area contributed by atoms with Crippen LogP contribution in [0.3, 0.4) is 0 Å². The third-order valence-corrected chi connectivity index (χ3v) is 8.07. The van der Waals surface area contributed by atoms with Gasteiger partial charge in [0.1, 0.15) is 0 Å². The van der Waals surface area contributed by atoms with Crippen molar-refractivity contribution >= 4 is 0 Å². The maximum atomic E-state index is 3.94. The summed E-state index contributed by atoms with van der Waals surface area (Å²) in [7, 11) is 0. The highest BCUT2D eigenvalue weighted by Gasteiger charge is 2.73. The third-order valence-electron chi connectivity index (χ3n) is 8.07. The van der Waals surface area contributed by atoms with Crippen LogP contribution in [-0.2, 0) is 11.8 Å². The van der Waals surface area contributed by atoms with Crippen molar-refractivity contribution in [3.63, 3.8) is 0 Å². The average Bonchev–Trinajstić information content (AvgIpc) is 2.97. The molecule has 4 bridgehead atoms. The van der Waals surface area contributed by atoms with Gasteiger partial charge in [-0.15, -0.1) is 0 Å². The Labute approximate surface area is 126 Å². The van der Waals surface area contributed by atoms with Crippen LogP contribution >= 0.6 is 0 Å². The smallest absolute Gasteiger partial charge is 0.0173 e. The second-order valence-electron chi connectivity index (χ2n) is 8.29. The van der Waals surface area contributed by atoms with Gasteiger partial charge in [0.25, 0.3) is 0 Å². The largest absolute Gasteiger partial charge is 0.313 e. The summed E-state index contributed by atoms with van der Waals surface area (Å²) in [6, 6.07) is 11.0. The molecule has 2 heterocycles. The number of nitrogens with one attached hydrogen (secondary N) is 2. The molecule has 2 heteroatoms. The highest BCUT2D eigenvalue weighted by atomic mass is 15.1. The molecule has 6 rings (SSSR count). The summed E-state index contributed by atoms with van der Waals surface area (Å²) >= 11 is 0. The number of fused-ring (bicyclic) bond motifs is 1. The van der Waals surface area contributed by atoms with Gasteiger partial charge in [-0.1, -0.05) is 24.3 Å². The first-order valence-electron chi connectivity index (χ1n) is 8.90. The highest BCUT2D eigenvalue weighted by Crippen LogP contribution is 2.73. The fourth-order valence-corrected chi connectivity index (χ4v) is 7.72. The zero-order chi connectivity index (χ0) is 13.7. The number of hydrogen-bond donors (Lipinski definition) is 2. The minimum absolute atomic E-state index is 0.495. The zero-order valence-electron chi connectivity index (χ0n) is 12.6. The quantitative estimate of drug-likeness (QED) is 0.761. The Morgan fingerprint density at radius 1 is 1.10 bits per heavy atom. The topological polar surface area (TPSA) is 24.1 Å². The minimum Gasteiger partial charge on any atom is -0.313 e. The summed E-state index contributed by atoms with van der Waals surface area (Å²) in [5.74, 6) is 1.85. The lowest BCUT2D eigenvalue weighted by Crippen LogP contribution is -2.68. The van der Waals surface area contributed by atoms with Crippen LogP contribution in [0.5, 0.6) is 0 Å². The Morgan fingerprint density at radius 3 is 3.05 bits per heavy atom. The zero-order valence-corrected chi connectivity index (χ0v) is 12.6. The van der Waals surface area contributed by atoms with E-state index in [0.29, 0.717) is 10.8 Å². The van der Waals surface area contributed by atoms with Gasteiger partial charge in [-0.25, -0.2) is 0 Å². The Bertz CT molecular complexity index is 626. The molecular formula is C19H24N2. The van der Waals surface area contributed by atoms with Gasteiger partial charge in [0, 0.05) is 17.5 Å². The maximum absolute atomic E-state index is 3.94. The molecule has 2 saturated heterocycles. The molecule has 1 aromatic rings. The number of rotatable bonds is 0. The third kappa shape index (κ3) is 1.08. The summed E-state index contributed by atoms with van der Waals surface area (Å²) in [4.78, 5) is 0. The molecule has 110 valence electrons. The van der Waals surface area contributed by atoms with E-state index < -0.39 is 0 Å². The van der Waals surface area contributed by atoms with Gasteiger partial charge in [0.05, 0.1) is 0 Å². The summed E-state index contributed by atoms with van der Waals surface area (Å²) in [6.07, 6.45) is 7.00. The van der Waals surface area contributed by atoms with Gasteiger partial charge < -0.3 is 10.6 Å². The van der Waals surface area contributed by atoms with Crippen LogP contribution in [0.15, 0.2) is 24.3 Å². The van der Waals surface area contributed by atoms with E-state index in [0.717, 1.165) is 23.9 Å². The van der Waals surface area contributed by atoms with E-state index >= 15 is 0 Å². The molecule has 2 saturated carbocycles. The molecule has 3 aliphatic carbocycles. The summed E-state index contributed by atoms with van der Waals surface area (Å²) in [5, 5.41) is 7.83. The fourth-order valence-electron chi connectivity index (χ4n) is 7.72.